The van der Waals surface area contributed by atoms with Crippen LogP contribution in [0.2, 0.25) is 5.02 Å². The monoisotopic (exact) mass is 373 g/mol. The third-order valence-electron chi connectivity index (χ3n) is 3.62. The number of rotatable bonds is 6. The van der Waals surface area contributed by atoms with Crippen LogP contribution < -0.4 is 4.74 Å². The van der Waals surface area contributed by atoms with Crippen molar-refractivity contribution < 1.29 is 14.6 Å². The summed E-state index contributed by atoms with van der Waals surface area (Å²) in [5.74, 6) is -0.198. The number of carboxylic acids is 1. The number of benzene rings is 2. The number of carboxylic acid groups (broad SMARTS) is 1. The van der Waals surface area contributed by atoms with Crippen LogP contribution in [0, 0.1) is 0 Å². The number of aryl methyl sites for hydroxylation is 1. The van der Waals surface area contributed by atoms with Gasteiger partial charge in [-0.3, -0.25) is 0 Å². The maximum atomic E-state index is 11.3. The molecule has 0 amide bonds. The first-order chi connectivity index (χ1) is 12.1. The van der Waals surface area contributed by atoms with Crippen molar-refractivity contribution in [2.45, 2.75) is 20.0 Å². The average molecular weight is 374 g/mol. The Morgan fingerprint density at radius 2 is 2.00 bits per heavy atom. The summed E-state index contributed by atoms with van der Waals surface area (Å²) in [5.41, 5.74) is 2.49. The second-order valence-electron chi connectivity index (χ2n) is 5.40. The van der Waals surface area contributed by atoms with E-state index in [1.54, 1.807) is 0 Å². The third-order valence-corrected chi connectivity index (χ3v) is 4.99. The molecular formula is C19H16ClNO3S. The molecule has 1 N–H and O–H groups in total. The van der Waals surface area contributed by atoms with Crippen molar-refractivity contribution in [3.8, 4) is 16.3 Å². The molecule has 1 aromatic heterocycles. The fourth-order valence-corrected chi connectivity index (χ4v) is 3.58. The Labute approximate surface area is 154 Å². The molecule has 0 aliphatic rings. The maximum absolute atomic E-state index is 11.3. The first-order valence-electron chi connectivity index (χ1n) is 7.77. The van der Waals surface area contributed by atoms with E-state index < -0.39 is 5.97 Å². The number of aromatic nitrogens is 1. The van der Waals surface area contributed by atoms with E-state index >= 15 is 0 Å². The summed E-state index contributed by atoms with van der Waals surface area (Å²) in [7, 11) is 0. The number of nitrogens with zero attached hydrogens (tertiary/aromatic N) is 1. The van der Waals surface area contributed by atoms with Crippen molar-refractivity contribution in [1.29, 1.82) is 0 Å². The quantitative estimate of drug-likeness (QED) is 0.636. The van der Waals surface area contributed by atoms with Crippen LogP contribution in [0.15, 0.2) is 48.5 Å². The summed E-state index contributed by atoms with van der Waals surface area (Å²) >= 11 is 7.16. The lowest BCUT2D eigenvalue weighted by Crippen LogP contribution is -1.97. The normalized spacial score (nSPS) is 10.6. The molecule has 0 atom stereocenters. The Balaban J connectivity index is 1.73. The molecule has 1 heterocycles. The summed E-state index contributed by atoms with van der Waals surface area (Å²) in [6, 6.07) is 15.0. The molecule has 25 heavy (non-hydrogen) atoms. The predicted octanol–water partition coefficient (Wildman–Crippen LogP) is 5.30. The number of hydrogen-bond donors (Lipinski definition) is 1. The first-order valence-corrected chi connectivity index (χ1v) is 8.97. The molecule has 0 aliphatic carbocycles. The fraction of sp³-hybridized carbons (Fsp3) is 0.158. The zero-order chi connectivity index (χ0) is 17.8. The van der Waals surface area contributed by atoms with E-state index in [2.05, 4.69) is 4.98 Å². The van der Waals surface area contributed by atoms with E-state index in [4.69, 9.17) is 16.3 Å². The molecule has 128 valence electrons. The minimum absolute atomic E-state index is 0.304. The highest BCUT2D eigenvalue weighted by atomic mass is 35.5. The molecule has 3 aromatic rings. The van der Waals surface area contributed by atoms with Crippen LogP contribution in [-0.4, -0.2) is 16.1 Å². The van der Waals surface area contributed by atoms with Crippen LogP contribution in [0.5, 0.6) is 5.75 Å². The largest absolute Gasteiger partial charge is 0.489 e. The van der Waals surface area contributed by atoms with Crippen molar-refractivity contribution in [3.63, 3.8) is 0 Å². The van der Waals surface area contributed by atoms with Crippen LogP contribution in [0.4, 0.5) is 0 Å². The van der Waals surface area contributed by atoms with E-state index in [0.29, 0.717) is 33.6 Å². The molecule has 0 saturated heterocycles. The average Bonchev–Trinajstić information content (AvgIpc) is 3.05. The molecule has 0 radical (unpaired) electrons. The molecule has 0 saturated carbocycles. The molecular weight excluding hydrogens is 358 g/mol. The van der Waals surface area contributed by atoms with Gasteiger partial charge >= 0.3 is 5.97 Å². The van der Waals surface area contributed by atoms with Gasteiger partial charge in [0.15, 0.2) is 0 Å². The highest BCUT2D eigenvalue weighted by Gasteiger charge is 2.16. The van der Waals surface area contributed by atoms with Crippen molar-refractivity contribution in [2.24, 2.45) is 0 Å². The number of halogens is 1. The molecule has 2 aromatic carbocycles. The van der Waals surface area contributed by atoms with Gasteiger partial charge in [-0.15, -0.1) is 11.3 Å². The molecule has 6 heteroatoms. The maximum Gasteiger partial charge on any atom is 0.347 e. The van der Waals surface area contributed by atoms with Crippen LogP contribution in [0.3, 0.4) is 0 Å². The predicted molar refractivity (Wildman–Crippen MR) is 99.7 cm³/mol. The number of carbonyl (C=O) groups is 1. The summed E-state index contributed by atoms with van der Waals surface area (Å²) in [6.07, 6.45) is 0.596. The fourth-order valence-electron chi connectivity index (χ4n) is 2.37. The molecule has 0 aliphatic heterocycles. The minimum atomic E-state index is -0.929. The van der Waals surface area contributed by atoms with Crippen LogP contribution in [0.25, 0.3) is 10.6 Å². The number of aromatic carboxylic acids is 1. The zero-order valence-corrected chi connectivity index (χ0v) is 15.1. The lowest BCUT2D eigenvalue weighted by atomic mass is 10.2. The third kappa shape index (κ3) is 4.18. The van der Waals surface area contributed by atoms with E-state index in [1.165, 1.54) is 11.3 Å². The Morgan fingerprint density at radius 3 is 2.60 bits per heavy atom. The summed E-state index contributed by atoms with van der Waals surface area (Å²) in [6.45, 7) is 2.33. The van der Waals surface area contributed by atoms with Crippen molar-refractivity contribution in [1.82, 2.24) is 4.98 Å². The minimum Gasteiger partial charge on any atom is -0.489 e. The van der Waals surface area contributed by atoms with E-state index in [9.17, 15) is 9.90 Å². The molecule has 0 spiro atoms. The SMILES string of the molecule is CCc1nc(-c2ccc(OCc3cccc(Cl)c3)cc2)sc1C(=O)O. The van der Waals surface area contributed by atoms with Gasteiger partial charge in [0.25, 0.3) is 0 Å². The van der Waals surface area contributed by atoms with Gasteiger partial charge in [0, 0.05) is 10.6 Å². The zero-order valence-electron chi connectivity index (χ0n) is 13.5. The van der Waals surface area contributed by atoms with Crippen LogP contribution >= 0.6 is 22.9 Å². The van der Waals surface area contributed by atoms with E-state index in [0.717, 1.165) is 16.9 Å². The van der Waals surface area contributed by atoms with Gasteiger partial charge in [-0.25, -0.2) is 9.78 Å². The van der Waals surface area contributed by atoms with Gasteiger partial charge in [-0.1, -0.05) is 30.7 Å². The Bertz CT molecular complexity index is 890. The molecule has 0 unspecified atom stereocenters. The van der Waals surface area contributed by atoms with Crippen molar-refractivity contribution in [2.75, 3.05) is 0 Å². The lowest BCUT2D eigenvalue weighted by molar-refractivity contribution is 0.0701. The van der Waals surface area contributed by atoms with Gasteiger partial charge in [0.2, 0.25) is 0 Å². The summed E-state index contributed by atoms with van der Waals surface area (Å²) in [4.78, 5) is 16.0. The highest BCUT2D eigenvalue weighted by molar-refractivity contribution is 7.17. The van der Waals surface area contributed by atoms with Gasteiger partial charge in [0.1, 0.15) is 22.2 Å². The van der Waals surface area contributed by atoms with Gasteiger partial charge in [0.05, 0.1) is 5.69 Å². The molecule has 0 fully saturated rings. The lowest BCUT2D eigenvalue weighted by Gasteiger charge is -2.07. The van der Waals surface area contributed by atoms with Gasteiger partial charge < -0.3 is 9.84 Å². The smallest absolute Gasteiger partial charge is 0.347 e. The molecule has 3 rings (SSSR count). The van der Waals surface area contributed by atoms with Crippen molar-refractivity contribution >= 4 is 28.9 Å². The van der Waals surface area contributed by atoms with Gasteiger partial charge in [-0.05, 0) is 48.4 Å². The molecule has 4 nitrogen and oxygen atoms in total. The Morgan fingerprint density at radius 1 is 1.24 bits per heavy atom. The second kappa shape index (κ2) is 7.68. The number of ether oxygens (including phenoxy) is 1. The number of thiazole rings is 1. The highest BCUT2D eigenvalue weighted by Crippen LogP contribution is 2.30. The molecule has 0 bridgehead atoms. The van der Waals surface area contributed by atoms with Crippen molar-refractivity contribution in [3.05, 3.63) is 69.7 Å². The Kier molecular flexibility index (Phi) is 5.36. The van der Waals surface area contributed by atoms with E-state index in [-0.39, 0.29) is 0 Å². The van der Waals surface area contributed by atoms with Gasteiger partial charge in [-0.2, -0.15) is 0 Å². The first kappa shape index (κ1) is 17.5. The standard InChI is InChI=1S/C19H16ClNO3S/c1-2-16-17(19(22)23)25-18(21-16)13-6-8-15(9-7-13)24-11-12-4-3-5-14(20)10-12/h3-10H,2,11H2,1H3,(H,22,23). The second-order valence-corrected chi connectivity index (χ2v) is 6.83. The van der Waals surface area contributed by atoms with Crippen LogP contribution in [-0.2, 0) is 13.0 Å². The Hall–Kier alpha value is -2.37. The van der Waals surface area contributed by atoms with E-state index in [1.807, 2.05) is 55.5 Å². The van der Waals surface area contributed by atoms with Crippen LogP contribution in [0.1, 0.15) is 27.9 Å². The topological polar surface area (TPSA) is 59.4 Å². The summed E-state index contributed by atoms with van der Waals surface area (Å²) in [5, 5.41) is 10.6. The number of hydrogen-bond acceptors (Lipinski definition) is 4. The summed E-state index contributed by atoms with van der Waals surface area (Å²) < 4.78 is 5.76.